The van der Waals surface area contributed by atoms with Crippen LogP contribution in [0.2, 0.25) is 0 Å². The van der Waals surface area contributed by atoms with Crippen LogP contribution < -0.4 is 14.8 Å². The third-order valence-corrected chi connectivity index (χ3v) is 5.20. The average Bonchev–Trinajstić information content (AvgIpc) is 3.06. The molecule has 2 aromatic rings. The molecule has 7 heteroatoms. The molecule has 1 fully saturated rings. The highest BCUT2D eigenvalue weighted by Gasteiger charge is 2.27. The molecule has 2 N–H and O–H groups in total. The Morgan fingerprint density at radius 2 is 1.90 bits per heavy atom. The highest BCUT2D eigenvalue weighted by Crippen LogP contribution is 2.45. The standard InChI is InChI=1S/C22H23NO6/c1-2-27-21-18(24)10-9-15(14-7-4-8-16-17(14)11-23-22(16)26)20(21)28-12-19(25)29-13-5-3-6-13/h4,7-10,13,24H,2-3,5-6,11-12H2,1H3,(H,23,26). The van der Waals surface area contributed by atoms with Gasteiger partial charge in [0.2, 0.25) is 5.75 Å². The quantitative estimate of drug-likeness (QED) is 0.697. The predicted molar refractivity (Wildman–Crippen MR) is 105 cm³/mol. The summed E-state index contributed by atoms with van der Waals surface area (Å²) in [6.07, 6.45) is 2.79. The van der Waals surface area contributed by atoms with Gasteiger partial charge in [0.1, 0.15) is 6.10 Å². The lowest BCUT2D eigenvalue weighted by molar-refractivity contribution is -0.155. The van der Waals surface area contributed by atoms with Crippen LogP contribution in [-0.2, 0) is 16.1 Å². The Labute approximate surface area is 168 Å². The zero-order chi connectivity index (χ0) is 20.4. The summed E-state index contributed by atoms with van der Waals surface area (Å²) in [5, 5.41) is 13.1. The van der Waals surface area contributed by atoms with Crippen molar-refractivity contribution in [3.63, 3.8) is 0 Å². The maximum absolute atomic E-state index is 12.1. The van der Waals surface area contributed by atoms with Crippen molar-refractivity contribution in [1.82, 2.24) is 5.32 Å². The van der Waals surface area contributed by atoms with Gasteiger partial charge in [-0.05, 0) is 55.5 Å². The molecule has 4 rings (SSSR count). The molecule has 1 aliphatic carbocycles. The first-order valence-corrected chi connectivity index (χ1v) is 9.80. The van der Waals surface area contributed by atoms with E-state index >= 15 is 0 Å². The Bertz CT molecular complexity index is 951. The second-order valence-electron chi connectivity index (χ2n) is 7.07. The second kappa shape index (κ2) is 8.03. The van der Waals surface area contributed by atoms with Crippen LogP contribution in [0.1, 0.15) is 42.1 Å². The Hall–Kier alpha value is -3.22. The Morgan fingerprint density at radius 3 is 2.62 bits per heavy atom. The molecular formula is C22H23NO6. The minimum atomic E-state index is -0.457. The maximum atomic E-state index is 12.1. The zero-order valence-electron chi connectivity index (χ0n) is 16.2. The number of hydrogen-bond acceptors (Lipinski definition) is 6. The van der Waals surface area contributed by atoms with Gasteiger partial charge in [-0.25, -0.2) is 4.79 Å². The van der Waals surface area contributed by atoms with E-state index < -0.39 is 5.97 Å². The molecule has 0 aromatic heterocycles. The van der Waals surface area contributed by atoms with E-state index in [9.17, 15) is 14.7 Å². The first-order valence-electron chi connectivity index (χ1n) is 9.80. The van der Waals surface area contributed by atoms with Crippen molar-refractivity contribution in [2.75, 3.05) is 13.2 Å². The van der Waals surface area contributed by atoms with Gasteiger partial charge in [-0.15, -0.1) is 0 Å². The van der Waals surface area contributed by atoms with Gasteiger partial charge in [-0.3, -0.25) is 4.79 Å². The number of nitrogens with one attached hydrogen (secondary N) is 1. The normalized spacial score (nSPS) is 15.3. The summed E-state index contributed by atoms with van der Waals surface area (Å²) in [5.74, 6) is -0.250. The van der Waals surface area contributed by atoms with Crippen molar-refractivity contribution in [1.29, 1.82) is 0 Å². The summed E-state index contributed by atoms with van der Waals surface area (Å²) >= 11 is 0. The summed E-state index contributed by atoms with van der Waals surface area (Å²) < 4.78 is 16.8. The van der Waals surface area contributed by atoms with E-state index in [0.29, 0.717) is 24.3 Å². The molecule has 2 aromatic carbocycles. The number of hydrogen-bond donors (Lipinski definition) is 2. The highest BCUT2D eigenvalue weighted by molar-refractivity contribution is 6.01. The molecule has 0 radical (unpaired) electrons. The lowest BCUT2D eigenvalue weighted by atomic mass is 9.95. The average molecular weight is 397 g/mol. The van der Waals surface area contributed by atoms with E-state index in [-0.39, 0.29) is 35.9 Å². The van der Waals surface area contributed by atoms with Gasteiger partial charge in [-0.2, -0.15) is 0 Å². The van der Waals surface area contributed by atoms with E-state index in [1.165, 1.54) is 6.07 Å². The van der Waals surface area contributed by atoms with Crippen LogP contribution in [0.25, 0.3) is 11.1 Å². The summed E-state index contributed by atoms with van der Waals surface area (Å²) in [6, 6.07) is 8.65. The van der Waals surface area contributed by atoms with Crippen LogP contribution in [-0.4, -0.2) is 36.3 Å². The van der Waals surface area contributed by atoms with Gasteiger partial charge in [0.05, 0.1) is 6.61 Å². The number of carbonyl (C=O) groups is 2. The second-order valence-corrected chi connectivity index (χ2v) is 7.07. The number of fused-ring (bicyclic) bond motifs is 1. The van der Waals surface area contributed by atoms with E-state index in [0.717, 1.165) is 30.4 Å². The molecular weight excluding hydrogens is 374 g/mol. The fourth-order valence-corrected chi connectivity index (χ4v) is 3.54. The molecule has 7 nitrogen and oxygen atoms in total. The van der Waals surface area contributed by atoms with Crippen molar-refractivity contribution < 1.29 is 28.9 Å². The first kappa shape index (κ1) is 19.1. The number of rotatable bonds is 7. The van der Waals surface area contributed by atoms with Crippen molar-refractivity contribution in [3.05, 3.63) is 41.5 Å². The molecule has 0 spiro atoms. The molecule has 0 unspecified atom stereocenters. The molecule has 0 saturated heterocycles. The third-order valence-electron chi connectivity index (χ3n) is 5.20. The molecule has 1 heterocycles. The van der Waals surface area contributed by atoms with Crippen LogP contribution in [0.3, 0.4) is 0 Å². The predicted octanol–water partition coefficient (Wildman–Crippen LogP) is 3.18. The van der Waals surface area contributed by atoms with Crippen LogP contribution in [0.4, 0.5) is 0 Å². The largest absolute Gasteiger partial charge is 0.504 e. The molecule has 1 amide bonds. The lowest BCUT2D eigenvalue weighted by Gasteiger charge is -2.25. The topological polar surface area (TPSA) is 94.1 Å². The van der Waals surface area contributed by atoms with Crippen molar-refractivity contribution >= 4 is 11.9 Å². The van der Waals surface area contributed by atoms with Gasteiger partial charge in [0.15, 0.2) is 18.1 Å². The van der Waals surface area contributed by atoms with Crippen molar-refractivity contribution in [2.45, 2.75) is 38.8 Å². The summed E-state index contributed by atoms with van der Waals surface area (Å²) in [4.78, 5) is 24.2. The zero-order valence-corrected chi connectivity index (χ0v) is 16.2. The number of amides is 1. The van der Waals surface area contributed by atoms with Gasteiger partial charge in [-0.1, -0.05) is 12.1 Å². The molecule has 1 saturated carbocycles. The number of esters is 1. The maximum Gasteiger partial charge on any atom is 0.344 e. The SMILES string of the molecule is CCOc1c(O)ccc(-c2cccc3c2CNC3=O)c1OCC(=O)OC1CCC1. The number of aromatic hydroxyl groups is 1. The molecule has 2 aliphatic rings. The minimum absolute atomic E-state index is 0.0319. The van der Waals surface area contributed by atoms with Crippen molar-refractivity contribution in [2.24, 2.45) is 0 Å². The number of phenolic OH excluding ortho intramolecular Hbond substituents is 1. The van der Waals surface area contributed by atoms with Crippen molar-refractivity contribution in [3.8, 4) is 28.4 Å². The highest BCUT2D eigenvalue weighted by atomic mass is 16.6. The monoisotopic (exact) mass is 397 g/mol. The number of phenols is 1. The van der Waals surface area contributed by atoms with Gasteiger partial charge < -0.3 is 24.6 Å². The molecule has 0 bridgehead atoms. The van der Waals surface area contributed by atoms with Crippen LogP contribution >= 0.6 is 0 Å². The molecule has 0 atom stereocenters. The summed E-state index contributed by atoms with van der Waals surface area (Å²) in [6.45, 7) is 2.22. The number of carbonyl (C=O) groups excluding carboxylic acids is 2. The lowest BCUT2D eigenvalue weighted by Crippen LogP contribution is -2.28. The minimum Gasteiger partial charge on any atom is -0.504 e. The Morgan fingerprint density at radius 1 is 1.10 bits per heavy atom. The van der Waals surface area contributed by atoms with E-state index in [1.54, 1.807) is 25.1 Å². The first-order chi connectivity index (χ1) is 14.1. The fraction of sp³-hybridized carbons (Fsp3) is 0.364. The van der Waals surface area contributed by atoms with E-state index in [2.05, 4.69) is 5.32 Å². The van der Waals surface area contributed by atoms with Crippen LogP contribution in [0, 0.1) is 0 Å². The Balaban J connectivity index is 1.69. The summed E-state index contributed by atoms with van der Waals surface area (Å²) in [5.41, 5.74) is 2.86. The molecule has 152 valence electrons. The van der Waals surface area contributed by atoms with Gasteiger partial charge >= 0.3 is 5.97 Å². The summed E-state index contributed by atoms with van der Waals surface area (Å²) in [7, 11) is 0. The van der Waals surface area contributed by atoms with E-state index in [1.807, 2.05) is 6.07 Å². The fourth-order valence-electron chi connectivity index (χ4n) is 3.54. The molecule has 29 heavy (non-hydrogen) atoms. The number of benzene rings is 2. The number of ether oxygens (including phenoxy) is 3. The van der Waals surface area contributed by atoms with Gasteiger partial charge in [0.25, 0.3) is 5.91 Å². The smallest absolute Gasteiger partial charge is 0.344 e. The van der Waals surface area contributed by atoms with Crippen LogP contribution in [0.15, 0.2) is 30.3 Å². The third kappa shape index (κ3) is 3.72. The Kier molecular flexibility index (Phi) is 5.29. The van der Waals surface area contributed by atoms with Crippen LogP contribution in [0.5, 0.6) is 17.2 Å². The van der Waals surface area contributed by atoms with E-state index in [4.69, 9.17) is 14.2 Å². The van der Waals surface area contributed by atoms with Gasteiger partial charge in [0, 0.05) is 17.7 Å². The molecule has 1 aliphatic heterocycles.